The van der Waals surface area contributed by atoms with Crippen LogP contribution >= 0.6 is 11.3 Å². The van der Waals surface area contributed by atoms with Crippen LogP contribution in [-0.2, 0) is 36.9 Å². The summed E-state index contributed by atoms with van der Waals surface area (Å²) in [5.41, 5.74) is 6.16. The summed E-state index contributed by atoms with van der Waals surface area (Å²) in [6.07, 6.45) is 5.25. The van der Waals surface area contributed by atoms with E-state index < -0.39 is 18.6 Å². The van der Waals surface area contributed by atoms with Crippen LogP contribution < -0.4 is 10.1 Å². The second-order valence-corrected chi connectivity index (χ2v) is 11.7. The molecule has 3 rings (SSSR count). The van der Waals surface area contributed by atoms with Crippen molar-refractivity contribution in [1.29, 1.82) is 0 Å². The predicted molar refractivity (Wildman–Crippen MR) is 144 cm³/mol. The number of Topliss-reactive ketones (excluding diaryl/α,β-unsaturated/α-hetero) is 1. The number of thiophene rings is 1. The lowest BCUT2D eigenvalue weighted by Crippen LogP contribution is -2.36. The van der Waals surface area contributed by atoms with Gasteiger partial charge in [0.25, 0.3) is 0 Å². The number of hydrogen-bond donors (Lipinski definition) is 3. The molecule has 6 nitrogen and oxygen atoms in total. The highest BCUT2D eigenvalue weighted by atomic mass is 32.1. The molecule has 1 aromatic heterocycles. The van der Waals surface area contributed by atoms with Crippen LogP contribution in [0.3, 0.4) is 0 Å². The van der Waals surface area contributed by atoms with Gasteiger partial charge in [0.15, 0.2) is 5.78 Å². The number of fused-ring (bicyclic) bond motifs is 1. The van der Waals surface area contributed by atoms with Gasteiger partial charge in [0.05, 0.1) is 4.88 Å². The fourth-order valence-corrected chi connectivity index (χ4v) is 6.27. The minimum Gasteiger partial charge on any atom is -0.490 e. The Bertz CT molecular complexity index is 1090. The normalized spacial score (nSPS) is 15.3. The summed E-state index contributed by atoms with van der Waals surface area (Å²) in [4.78, 5) is 26.8. The molecule has 1 aliphatic rings. The summed E-state index contributed by atoms with van der Waals surface area (Å²) in [6.45, 7) is 10.3. The average molecular weight is 516 g/mol. The molecule has 7 heteroatoms. The smallest absolute Gasteiger partial charge is 0.245 e. The van der Waals surface area contributed by atoms with Gasteiger partial charge in [-0.3, -0.25) is 9.59 Å². The first-order valence-corrected chi connectivity index (χ1v) is 13.9. The predicted octanol–water partition coefficient (Wildman–Crippen LogP) is 4.36. The summed E-state index contributed by atoms with van der Waals surface area (Å²) in [7, 11) is 0. The summed E-state index contributed by atoms with van der Waals surface area (Å²) < 4.78 is 5.90. The van der Waals surface area contributed by atoms with E-state index in [1.165, 1.54) is 16.0 Å². The monoisotopic (exact) mass is 515 g/mol. The third-order valence-electron chi connectivity index (χ3n) is 7.01. The average Bonchev–Trinajstić information content (AvgIpc) is 3.21. The second-order valence-electron chi connectivity index (χ2n) is 10.6. The molecule has 0 saturated heterocycles. The van der Waals surface area contributed by atoms with Crippen molar-refractivity contribution < 1.29 is 24.5 Å². The number of aliphatic hydroxyl groups excluding tert-OH is 2. The zero-order valence-corrected chi connectivity index (χ0v) is 23.1. The molecule has 1 unspecified atom stereocenters. The number of aryl methyl sites for hydroxylation is 4. The number of aliphatic hydroxyl groups is 2. The molecule has 2 aromatic rings. The van der Waals surface area contributed by atoms with Crippen molar-refractivity contribution >= 4 is 23.0 Å². The van der Waals surface area contributed by atoms with Crippen molar-refractivity contribution in [2.75, 3.05) is 19.8 Å². The van der Waals surface area contributed by atoms with Crippen LogP contribution in [0.15, 0.2) is 12.1 Å². The molecule has 198 valence electrons. The van der Waals surface area contributed by atoms with Crippen LogP contribution in [0.4, 0.5) is 0 Å². The zero-order valence-electron chi connectivity index (χ0n) is 22.3. The Morgan fingerprint density at radius 2 is 1.94 bits per heavy atom. The van der Waals surface area contributed by atoms with Crippen LogP contribution in [0.25, 0.3) is 0 Å². The van der Waals surface area contributed by atoms with E-state index in [9.17, 15) is 14.7 Å². The van der Waals surface area contributed by atoms with Gasteiger partial charge >= 0.3 is 0 Å². The summed E-state index contributed by atoms with van der Waals surface area (Å²) >= 11 is 1.72. The third-order valence-corrected chi connectivity index (χ3v) is 8.47. The van der Waals surface area contributed by atoms with Gasteiger partial charge in [-0.05, 0) is 78.7 Å². The molecule has 1 amide bonds. The SMILES string of the molecule is CCc1cc(CCC(=O)c2sc(CC)c3c2CCC(C)(C)C3)cc(C)c1OCC(O)CNC(=O)CO. The second kappa shape index (κ2) is 12.3. The summed E-state index contributed by atoms with van der Waals surface area (Å²) in [5.74, 6) is 0.457. The minimum atomic E-state index is -0.878. The lowest BCUT2D eigenvalue weighted by Gasteiger charge is -2.30. The standard InChI is InChI=1S/C29H41NO5S/c1-6-20-13-19(12-18(3)27(20)35-17-21(32)15-30-26(34)16-31)8-9-24(33)28-22-10-11-29(4,5)14-23(22)25(7-2)36-28/h12-13,21,31-32H,6-11,14-17H2,1-5H3,(H,30,34). The molecule has 1 aromatic carbocycles. The number of carbonyl (C=O) groups is 2. The van der Waals surface area contributed by atoms with E-state index >= 15 is 0 Å². The van der Waals surface area contributed by atoms with Crippen LogP contribution in [0.2, 0.25) is 0 Å². The van der Waals surface area contributed by atoms with Crippen molar-refractivity contribution in [2.24, 2.45) is 5.41 Å². The minimum absolute atomic E-state index is 0.0176. The van der Waals surface area contributed by atoms with Crippen molar-refractivity contribution in [3.05, 3.63) is 49.7 Å². The molecular weight excluding hydrogens is 474 g/mol. The maximum atomic E-state index is 13.3. The van der Waals surface area contributed by atoms with Gasteiger partial charge < -0.3 is 20.3 Å². The molecule has 36 heavy (non-hydrogen) atoms. The lowest BCUT2D eigenvalue weighted by molar-refractivity contribution is -0.124. The molecule has 1 heterocycles. The molecule has 0 aliphatic heterocycles. The Morgan fingerprint density at radius 3 is 2.61 bits per heavy atom. The van der Waals surface area contributed by atoms with E-state index in [1.807, 2.05) is 6.92 Å². The molecule has 0 bridgehead atoms. The van der Waals surface area contributed by atoms with E-state index in [2.05, 4.69) is 45.1 Å². The fraction of sp³-hybridized carbons (Fsp3) is 0.586. The number of ether oxygens (including phenoxy) is 1. The summed E-state index contributed by atoms with van der Waals surface area (Å²) in [5, 5.41) is 21.3. The van der Waals surface area contributed by atoms with Gasteiger partial charge in [0, 0.05) is 17.8 Å². The van der Waals surface area contributed by atoms with Crippen molar-refractivity contribution in [3.8, 4) is 5.75 Å². The molecule has 1 aliphatic carbocycles. The Balaban J connectivity index is 1.66. The van der Waals surface area contributed by atoms with Crippen LogP contribution in [0.1, 0.15) is 82.9 Å². The van der Waals surface area contributed by atoms with Crippen LogP contribution in [-0.4, -0.2) is 47.8 Å². The summed E-state index contributed by atoms with van der Waals surface area (Å²) in [6, 6.07) is 4.16. The highest BCUT2D eigenvalue weighted by molar-refractivity contribution is 7.14. The van der Waals surface area contributed by atoms with Gasteiger partial charge in [-0.1, -0.05) is 39.8 Å². The Kier molecular flexibility index (Phi) is 9.72. The van der Waals surface area contributed by atoms with E-state index in [0.29, 0.717) is 18.3 Å². The number of rotatable bonds is 12. The fourth-order valence-electron chi connectivity index (χ4n) is 5.00. The Morgan fingerprint density at radius 1 is 1.19 bits per heavy atom. The molecule has 0 saturated carbocycles. The van der Waals surface area contributed by atoms with Crippen molar-refractivity contribution in [3.63, 3.8) is 0 Å². The van der Waals surface area contributed by atoms with E-state index in [4.69, 9.17) is 9.84 Å². The van der Waals surface area contributed by atoms with Crippen molar-refractivity contribution in [2.45, 2.75) is 85.7 Å². The number of amides is 1. The van der Waals surface area contributed by atoms with Crippen LogP contribution in [0.5, 0.6) is 5.75 Å². The first-order valence-electron chi connectivity index (χ1n) is 13.1. The highest BCUT2D eigenvalue weighted by Crippen LogP contribution is 2.42. The molecule has 0 fully saturated rings. The number of nitrogens with one attached hydrogen (secondary N) is 1. The third kappa shape index (κ3) is 6.96. The first-order chi connectivity index (χ1) is 17.1. The Labute approximate surface area is 219 Å². The number of hydrogen-bond acceptors (Lipinski definition) is 6. The van der Waals surface area contributed by atoms with Gasteiger partial charge in [0.2, 0.25) is 5.91 Å². The van der Waals surface area contributed by atoms with E-state index in [1.54, 1.807) is 11.3 Å². The molecular formula is C29H41NO5S. The van der Waals surface area contributed by atoms with Gasteiger partial charge in [-0.2, -0.15) is 0 Å². The maximum absolute atomic E-state index is 13.3. The highest BCUT2D eigenvalue weighted by Gasteiger charge is 2.31. The Hall–Kier alpha value is -2.22. The van der Waals surface area contributed by atoms with Crippen LogP contribution in [0, 0.1) is 12.3 Å². The van der Waals surface area contributed by atoms with E-state index in [-0.39, 0.29) is 18.9 Å². The quantitative estimate of drug-likeness (QED) is 0.365. The maximum Gasteiger partial charge on any atom is 0.245 e. The first kappa shape index (κ1) is 28.4. The number of carbonyl (C=O) groups excluding carboxylic acids is 2. The molecule has 0 radical (unpaired) electrons. The molecule has 3 N–H and O–H groups in total. The van der Waals surface area contributed by atoms with E-state index in [0.717, 1.165) is 59.4 Å². The topological polar surface area (TPSA) is 95.9 Å². The number of ketones is 1. The largest absolute Gasteiger partial charge is 0.490 e. The van der Waals surface area contributed by atoms with Crippen molar-refractivity contribution in [1.82, 2.24) is 5.32 Å². The molecule has 1 atom stereocenters. The zero-order chi connectivity index (χ0) is 26.5. The lowest BCUT2D eigenvalue weighted by atomic mass is 9.74. The van der Waals surface area contributed by atoms with Gasteiger partial charge in [-0.25, -0.2) is 0 Å². The van der Waals surface area contributed by atoms with Gasteiger partial charge in [-0.15, -0.1) is 11.3 Å². The van der Waals surface area contributed by atoms with Gasteiger partial charge in [0.1, 0.15) is 25.1 Å². The molecule has 0 spiro atoms. The number of benzene rings is 1.